The Morgan fingerprint density at radius 1 is 0.535 bits per heavy atom. The molecule has 0 aromatic heterocycles. The number of ether oxygens (including phenoxy) is 5. The molecular weight excluding hydrogens is 1150 g/mol. The highest BCUT2D eigenvalue weighted by Crippen LogP contribution is 2.80. The van der Waals surface area contributed by atoms with Gasteiger partial charge >= 0.3 is 11.9 Å². The van der Waals surface area contributed by atoms with Gasteiger partial charge in [0.15, 0.2) is 11.6 Å². The summed E-state index contributed by atoms with van der Waals surface area (Å²) < 4.78 is 34.3. The van der Waals surface area contributed by atoms with Crippen LogP contribution in [-0.4, -0.2) is 112 Å². The molecule has 10 unspecified atom stereocenters. The maximum atomic E-state index is 14.2. The Morgan fingerprint density at radius 2 is 0.942 bits per heavy atom. The molecule has 12 aliphatic rings. The van der Waals surface area contributed by atoms with E-state index in [0.717, 1.165) is 134 Å². The van der Waals surface area contributed by atoms with E-state index in [1.807, 2.05) is 27.7 Å². The first kappa shape index (κ1) is 67.5. The lowest BCUT2D eigenvalue weighted by atomic mass is 9.32. The summed E-state index contributed by atoms with van der Waals surface area (Å²) in [5.41, 5.74) is 1.30. The number of hydrogen-bond acceptors (Lipinski definition) is 11. The molecule has 0 aromatic carbocycles. The second kappa shape index (κ2) is 23.5. The first-order valence-corrected chi connectivity index (χ1v) is 35.1. The number of esters is 1. The second-order valence-electron chi connectivity index (χ2n) is 34.1. The zero-order chi connectivity index (χ0) is 64.3. The third-order valence-corrected chi connectivity index (χ3v) is 30.6. The molecule has 10 saturated carbocycles. The molecule has 0 bridgehead atoms. The lowest BCUT2D eigenvalue weighted by molar-refractivity contribution is -0.254. The van der Waals surface area contributed by atoms with Crippen molar-refractivity contribution in [1.82, 2.24) is 0 Å². The van der Waals surface area contributed by atoms with E-state index in [1.54, 1.807) is 0 Å². The number of fused-ring (bicyclic) bond motifs is 14. The summed E-state index contributed by atoms with van der Waals surface area (Å²) in [6.07, 6.45) is 19.2. The predicted octanol–water partition coefficient (Wildman–Crippen LogP) is 14.9. The third-order valence-electron chi connectivity index (χ3n) is 29.9. The van der Waals surface area contributed by atoms with E-state index in [2.05, 4.69) is 98.3 Å². The molecule has 0 amide bonds. The van der Waals surface area contributed by atoms with Crippen LogP contribution in [0.1, 0.15) is 234 Å². The lowest BCUT2D eigenvalue weighted by Gasteiger charge is -2.72. The van der Waals surface area contributed by atoms with Gasteiger partial charge in [0, 0.05) is 17.5 Å². The van der Waals surface area contributed by atoms with Crippen LogP contribution < -0.4 is 0 Å². The topological polar surface area (TPSA) is 181 Å². The van der Waals surface area contributed by atoms with E-state index in [1.165, 1.54) is 18.5 Å². The molecule has 2 heterocycles. The van der Waals surface area contributed by atoms with Gasteiger partial charge in [0.1, 0.15) is 12.7 Å². The summed E-state index contributed by atoms with van der Waals surface area (Å²) in [7, 11) is 1.25. The number of halogens is 1. The van der Waals surface area contributed by atoms with E-state index < -0.39 is 45.6 Å². The van der Waals surface area contributed by atoms with Gasteiger partial charge in [0.05, 0.1) is 55.6 Å². The maximum Gasteiger partial charge on any atom is 0.312 e. The van der Waals surface area contributed by atoms with Gasteiger partial charge in [0.2, 0.25) is 0 Å². The molecule has 5 N–H and O–H groups in total. The standard InChI is InChI=1S/C36H58O6.C30H48O4.C6H11BrO2.CH4/c1-22(2)24-11-16-36(30(39)40-19-23-20-41-31(3,4)42-23)18-17-34(7)25(29(24)36)9-10-27-32(5)14-13-28(38)33(6,21-37)26(32)12-15-35(27,34)8;1-18(2)19-9-14-30(25(33)34)16-15-28(5)20(24(19)30)7-8-22-26(3)12-11-23(32)27(4,17-31)21(26)10-13-29(22,28)6;1-6(2)8-4-5(3-7)9-6;/h23-29,37-38H,1,9-21H2,2-8H3;19-24,31-32H,1,7-17H2,2-6H3,(H,33,34);5H,3-4H2,1-2H3;1H4/t23?,24-,25?,26?,27?,28-,29?,32-,33-,34+,35+,36-;19-,20?,21?,22?,23-,24?,26-,27-,28+,29+,30-;;/m00../s1/i;;;1D. The Bertz CT molecular complexity index is 2540. The van der Waals surface area contributed by atoms with Gasteiger partial charge < -0.3 is 49.2 Å². The van der Waals surface area contributed by atoms with Gasteiger partial charge in [-0.1, -0.05) is 103 Å². The quantitative estimate of drug-likeness (QED) is 0.0839. The van der Waals surface area contributed by atoms with Crippen LogP contribution >= 0.6 is 15.9 Å². The SMILES string of the molecule is C=C(C)[C@@H]1CC[C@]2(C(=O)O)CC[C@]3(C)C(CCC4[C@@]5(C)CC[C@H](O)[C@@](C)(CO)C5CC[C@]43C)C12.C=C(C)[C@@H]1CC[C@]2(C(=O)OCC3COC(C)(C)O3)CC[C@]3(C)C(CCC4[C@@]5(C)CC[C@H](O)[C@@](C)(CO)C5CC[C@]43C)C12.CC1(C)OCC(CBr)O1.[2H]C. The van der Waals surface area contributed by atoms with Crippen LogP contribution in [0.4, 0.5) is 0 Å². The Balaban J connectivity index is 0.000000179. The minimum Gasteiger partial charge on any atom is -0.481 e. The van der Waals surface area contributed by atoms with Crippen molar-refractivity contribution < 1.29 is 60.2 Å². The number of hydrogen-bond donors (Lipinski definition) is 5. The summed E-state index contributed by atoms with van der Waals surface area (Å²) in [6, 6.07) is 0. The molecule has 0 aromatic rings. The largest absolute Gasteiger partial charge is 0.481 e. The van der Waals surface area contributed by atoms with Crippen molar-refractivity contribution in [1.29, 1.82) is 0 Å². The predicted molar refractivity (Wildman–Crippen MR) is 342 cm³/mol. The van der Waals surface area contributed by atoms with Gasteiger partial charge in [-0.2, -0.15) is 0 Å². The average Bonchev–Trinajstić information content (AvgIpc) is 1.53. The first-order chi connectivity index (χ1) is 40.5. The Kier molecular flexibility index (Phi) is 18.5. The summed E-state index contributed by atoms with van der Waals surface area (Å²) in [5, 5.41) is 54.3. The number of aliphatic hydroxyl groups is 4. The summed E-state index contributed by atoms with van der Waals surface area (Å²) in [6.45, 7) is 41.7. The Morgan fingerprint density at radius 3 is 1.31 bits per heavy atom. The minimum atomic E-state index is -0.627. The summed E-state index contributed by atoms with van der Waals surface area (Å²) in [4.78, 5) is 27.0. The number of allylic oxidation sites excluding steroid dienone is 2. The normalized spacial score (nSPS) is 51.7. The van der Waals surface area contributed by atoms with Gasteiger partial charge in [-0.25, -0.2) is 0 Å². The maximum absolute atomic E-state index is 14.2. The van der Waals surface area contributed by atoms with Gasteiger partial charge in [-0.05, 0) is 262 Å². The molecule has 2 aliphatic heterocycles. The van der Waals surface area contributed by atoms with Crippen LogP contribution in [0.25, 0.3) is 0 Å². The van der Waals surface area contributed by atoms with E-state index in [9.17, 15) is 35.1 Å². The van der Waals surface area contributed by atoms with Crippen LogP contribution in [0.2, 0.25) is 0 Å². The van der Waals surface area contributed by atoms with Gasteiger partial charge in [-0.3, -0.25) is 9.59 Å². The Hall–Kier alpha value is -1.42. The molecule has 13 heteroatoms. The highest BCUT2D eigenvalue weighted by molar-refractivity contribution is 9.09. The fourth-order valence-corrected chi connectivity index (χ4v) is 25.4. The number of aliphatic carboxylic acids is 1. The highest BCUT2D eigenvalue weighted by atomic mass is 79.9. The number of carboxylic acids is 1. The molecule has 10 aliphatic carbocycles. The van der Waals surface area contributed by atoms with E-state index >= 15 is 0 Å². The van der Waals surface area contributed by atoms with Crippen molar-refractivity contribution in [2.45, 2.75) is 269 Å². The van der Waals surface area contributed by atoms with Crippen LogP contribution in [0.5, 0.6) is 0 Å². The van der Waals surface area contributed by atoms with Crippen LogP contribution in [-0.2, 0) is 33.3 Å². The van der Waals surface area contributed by atoms with Crippen molar-refractivity contribution in [2.75, 3.05) is 38.4 Å². The number of carbonyl (C=O) groups excluding carboxylic acids is 1. The lowest BCUT2D eigenvalue weighted by Crippen LogP contribution is -2.67. The third kappa shape index (κ3) is 10.2. The fraction of sp³-hybridized carbons (Fsp3) is 0.918. The first-order valence-electron chi connectivity index (χ1n) is 35.0. The van der Waals surface area contributed by atoms with Crippen molar-refractivity contribution in [3.63, 3.8) is 0 Å². The number of carboxylic acid groups (broad SMARTS) is 1. The minimum absolute atomic E-state index is 0.0190. The smallest absolute Gasteiger partial charge is 0.312 e. The van der Waals surface area contributed by atoms with Crippen LogP contribution in [0, 0.1) is 113 Å². The molecule has 12 nitrogen and oxygen atoms in total. The number of alkyl halides is 1. The zero-order valence-electron chi connectivity index (χ0n) is 57.4. The van der Waals surface area contributed by atoms with Crippen LogP contribution in [0.15, 0.2) is 24.3 Å². The van der Waals surface area contributed by atoms with Crippen molar-refractivity contribution >= 4 is 27.9 Å². The molecule has 12 rings (SSSR count). The van der Waals surface area contributed by atoms with E-state index in [4.69, 9.17) is 25.1 Å². The molecule has 12 fully saturated rings. The number of rotatable bonds is 9. The average molecular weight is 1270 g/mol. The molecule has 0 spiro atoms. The van der Waals surface area contributed by atoms with Crippen molar-refractivity contribution in [3.05, 3.63) is 24.3 Å². The zero-order valence-corrected chi connectivity index (χ0v) is 57.9. The summed E-state index contributed by atoms with van der Waals surface area (Å²) in [5.74, 6) is 2.23. The van der Waals surface area contributed by atoms with Crippen molar-refractivity contribution in [2.24, 2.45) is 113 Å². The molecule has 0 radical (unpaired) electrons. The number of aliphatic hydroxyl groups excluding tert-OH is 4. The van der Waals surface area contributed by atoms with Crippen molar-refractivity contribution in [3.8, 4) is 0 Å². The van der Waals surface area contributed by atoms with Gasteiger partial charge in [0.25, 0.3) is 0 Å². The van der Waals surface area contributed by atoms with Crippen LogP contribution in [0.3, 0.4) is 0 Å². The Labute approximate surface area is 530 Å². The highest BCUT2D eigenvalue weighted by Gasteiger charge is 2.75. The second-order valence-corrected chi connectivity index (χ2v) is 34.7. The molecule has 86 heavy (non-hydrogen) atoms. The monoisotopic (exact) mass is 1270 g/mol. The van der Waals surface area contributed by atoms with E-state index in [-0.39, 0.29) is 88.1 Å². The summed E-state index contributed by atoms with van der Waals surface area (Å²) >= 11 is 3.32. The molecule has 2 saturated heterocycles. The van der Waals surface area contributed by atoms with Gasteiger partial charge in [-0.15, -0.1) is 0 Å². The number of carbonyl (C=O) groups is 2. The fourth-order valence-electron chi connectivity index (χ4n) is 25.1. The molecular formula is C73H121BrO12. The van der Waals surface area contributed by atoms with E-state index in [0.29, 0.717) is 60.6 Å². The molecule has 24 atom stereocenters. The molecule has 492 valence electrons.